The topological polar surface area (TPSA) is 30.0 Å². The Kier molecular flexibility index (Phi) is 2.64. The predicted molar refractivity (Wildman–Crippen MR) is 61.5 cm³/mol. The number of nitrogens with zero attached hydrogens (tertiary/aromatic N) is 1. The first-order chi connectivity index (χ1) is 7.18. The van der Waals surface area contributed by atoms with Crippen molar-refractivity contribution in [2.45, 2.75) is 13.8 Å². The number of pyridine rings is 1. The fraction of sp³-hybridized carbons (Fsp3) is 0.167. The van der Waals surface area contributed by atoms with Gasteiger partial charge in [-0.1, -0.05) is 6.07 Å². The molecule has 0 aromatic carbocycles. The Morgan fingerprint density at radius 2 is 2.07 bits per heavy atom. The molecule has 0 aliphatic rings. The zero-order chi connectivity index (χ0) is 10.8. The molecule has 0 aliphatic heterocycles. The van der Waals surface area contributed by atoms with Gasteiger partial charge in [0.25, 0.3) is 0 Å². The van der Waals surface area contributed by atoms with Crippen LogP contribution in [0.2, 0.25) is 0 Å². The van der Waals surface area contributed by atoms with Crippen LogP contribution in [0, 0.1) is 13.8 Å². The summed E-state index contributed by atoms with van der Waals surface area (Å²) in [6, 6.07) is 7.55. The first kappa shape index (κ1) is 10.1. The molecule has 2 aromatic rings. The second kappa shape index (κ2) is 3.95. The first-order valence-corrected chi connectivity index (χ1v) is 5.53. The van der Waals surface area contributed by atoms with Gasteiger partial charge in [0.1, 0.15) is 5.69 Å². The van der Waals surface area contributed by atoms with Crippen LogP contribution in [0.4, 0.5) is 0 Å². The number of hydrogen-bond donors (Lipinski definition) is 0. The van der Waals surface area contributed by atoms with Gasteiger partial charge in [0.05, 0.1) is 4.88 Å². The maximum Gasteiger partial charge on any atom is 0.221 e. The molecule has 0 amide bonds. The summed E-state index contributed by atoms with van der Waals surface area (Å²) < 4.78 is 0. The third-order valence-electron chi connectivity index (χ3n) is 2.19. The fourth-order valence-corrected chi connectivity index (χ4v) is 2.21. The summed E-state index contributed by atoms with van der Waals surface area (Å²) in [6.45, 7) is 3.90. The monoisotopic (exact) mass is 217 g/mol. The SMILES string of the molecule is Cc1ccc(C(=O)c2ncccc2C)s1. The normalized spacial score (nSPS) is 10.3. The standard InChI is InChI=1S/C12H11NOS/c1-8-4-3-7-13-11(8)12(14)10-6-5-9(2)15-10/h3-7H,1-2H3. The van der Waals surface area contributed by atoms with Crippen LogP contribution in [-0.4, -0.2) is 10.8 Å². The van der Waals surface area contributed by atoms with Crippen molar-refractivity contribution in [1.82, 2.24) is 4.98 Å². The molecule has 3 heteroatoms. The van der Waals surface area contributed by atoms with Crippen LogP contribution in [-0.2, 0) is 0 Å². The third kappa shape index (κ3) is 1.97. The molecule has 0 aliphatic carbocycles. The summed E-state index contributed by atoms with van der Waals surface area (Å²) in [6.07, 6.45) is 1.65. The van der Waals surface area contributed by atoms with Crippen molar-refractivity contribution < 1.29 is 4.79 Å². The number of aromatic nitrogens is 1. The predicted octanol–water partition coefficient (Wildman–Crippen LogP) is 2.99. The number of hydrogen-bond acceptors (Lipinski definition) is 3. The molecule has 2 heterocycles. The van der Waals surface area contributed by atoms with E-state index in [1.807, 2.05) is 38.1 Å². The lowest BCUT2D eigenvalue weighted by atomic mass is 10.1. The molecular formula is C12H11NOS. The van der Waals surface area contributed by atoms with E-state index in [9.17, 15) is 4.79 Å². The number of thiophene rings is 1. The Labute approximate surface area is 92.6 Å². The van der Waals surface area contributed by atoms with E-state index in [0.29, 0.717) is 5.69 Å². The van der Waals surface area contributed by atoms with Gasteiger partial charge in [0.15, 0.2) is 0 Å². The quantitative estimate of drug-likeness (QED) is 0.724. The Hall–Kier alpha value is -1.48. The van der Waals surface area contributed by atoms with Gasteiger partial charge in [-0.05, 0) is 37.6 Å². The van der Waals surface area contributed by atoms with E-state index in [4.69, 9.17) is 0 Å². The van der Waals surface area contributed by atoms with Crippen molar-refractivity contribution in [3.8, 4) is 0 Å². The largest absolute Gasteiger partial charge is 0.286 e. The van der Waals surface area contributed by atoms with E-state index in [1.165, 1.54) is 11.3 Å². The molecule has 2 rings (SSSR count). The molecular weight excluding hydrogens is 206 g/mol. The van der Waals surface area contributed by atoms with Gasteiger partial charge in [-0.15, -0.1) is 11.3 Å². The van der Waals surface area contributed by atoms with Crippen LogP contribution in [0.25, 0.3) is 0 Å². The zero-order valence-corrected chi connectivity index (χ0v) is 9.47. The van der Waals surface area contributed by atoms with Gasteiger partial charge >= 0.3 is 0 Å². The van der Waals surface area contributed by atoms with Gasteiger partial charge in [0.2, 0.25) is 5.78 Å². The van der Waals surface area contributed by atoms with Gasteiger partial charge in [-0.25, -0.2) is 0 Å². The van der Waals surface area contributed by atoms with Crippen molar-refractivity contribution in [2.24, 2.45) is 0 Å². The Morgan fingerprint density at radius 3 is 2.67 bits per heavy atom. The van der Waals surface area contributed by atoms with Crippen molar-refractivity contribution in [2.75, 3.05) is 0 Å². The molecule has 0 unspecified atom stereocenters. The number of rotatable bonds is 2. The van der Waals surface area contributed by atoms with Crippen LogP contribution in [0.5, 0.6) is 0 Å². The smallest absolute Gasteiger partial charge is 0.221 e. The molecule has 0 saturated carbocycles. The Bertz CT molecular complexity index is 502. The maximum atomic E-state index is 12.0. The molecule has 2 nitrogen and oxygen atoms in total. The second-order valence-corrected chi connectivity index (χ2v) is 4.70. The highest BCUT2D eigenvalue weighted by Gasteiger charge is 2.14. The number of carbonyl (C=O) groups is 1. The van der Waals surface area contributed by atoms with E-state index in [0.717, 1.165) is 15.3 Å². The molecule has 15 heavy (non-hydrogen) atoms. The zero-order valence-electron chi connectivity index (χ0n) is 8.65. The third-order valence-corrected chi connectivity index (χ3v) is 3.19. The van der Waals surface area contributed by atoms with E-state index in [-0.39, 0.29) is 5.78 Å². The van der Waals surface area contributed by atoms with Crippen LogP contribution in [0.3, 0.4) is 0 Å². The van der Waals surface area contributed by atoms with E-state index in [1.54, 1.807) is 6.20 Å². The van der Waals surface area contributed by atoms with Crippen LogP contribution < -0.4 is 0 Å². The molecule has 0 atom stereocenters. The van der Waals surface area contributed by atoms with Gasteiger partial charge < -0.3 is 0 Å². The highest BCUT2D eigenvalue weighted by Crippen LogP contribution is 2.19. The number of ketones is 1. The minimum atomic E-state index is 0.0196. The molecule has 2 aromatic heterocycles. The number of carbonyl (C=O) groups excluding carboxylic acids is 1. The van der Waals surface area contributed by atoms with Gasteiger partial charge in [-0.2, -0.15) is 0 Å². The van der Waals surface area contributed by atoms with Crippen LogP contribution >= 0.6 is 11.3 Å². The summed E-state index contributed by atoms with van der Waals surface area (Å²) >= 11 is 1.51. The van der Waals surface area contributed by atoms with Crippen molar-refractivity contribution in [1.29, 1.82) is 0 Å². The Morgan fingerprint density at radius 1 is 1.27 bits per heavy atom. The average molecular weight is 217 g/mol. The summed E-state index contributed by atoms with van der Waals surface area (Å²) in [5, 5.41) is 0. The minimum Gasteiger partial charge on any atom is -0.286 e. The van der Waals surface area contributed by atoms with Crippen LogP contribution in [0.15, 0.2) is 30.5 Å². The molecule has 0 fully saturated rings. The Balaban J connectivity index is 2.41. The highest BCUT2D eigenvalue weighted by molar-refractivity contribution is 7.14. The minimum absolute atomic E-state index is 0.0196. The molecule has 0 bridgehead atoms. The maximum absolute atomic E-state index is 12.0. The summed E-state index contributed by atoms with van der Waals surface area (Å²) in [4.78, 5) is 18.1. The number of aryl methyl sites for hydroxylation is 2. The van der Waals surface area contributed by atoms with E-state index in [2.05, 4.69) is 4.98 Å². The van der Waals surface area contributed by atoms with Crippen molar-refractivity contribution >= 4 is 17.1 Å². The molecule has 0 saturated heterocycles. The van der Waals surface area contributed by atoms with E-state index < -0.39 is 0 Å². The molecule has 0 radical (unpaired) electrons. The van der Waals surface area contributed by atoms with Crippen molar-refractivity contribution in [3.05, 3.63) is 51.5 Å². The summed E-state index contributed by atoms with van der Waals surface area (Å²) in [5.41, 5.74) is 1.48. The van der Waals surface area contributed by atoms with Crippen molar-refractivity contribution in [3.63, 3.8) is 0 Å². The van der Waals surface area contributed by atoms with E-state index >= 15 is 0 Å². The van der Waals surface area contributed by atoms with Crippen LogP contribution in [0.1, 0.15) is 25.8 Å². The highest BCUT2D eigenvalue weighted by atomic mass is 32.1. The molecule has 76 valence electrons. The molecule has 0 N–H and O–H groups in total. The lowest BCUT2D eigenvalue weighted by Crippen LogP contribution is -2.03. The lowest BCUT2D eigenvalue weighted by Gasteiger charge is -2.00. The lowest BCUT2D eigenvalue weighted by molar-refractivity contribution is 0.103. The second-order valence-electron chi connectivity index (χ2n) is 3.41. The van der Waals surface area contributed by atoms with Gasteiger partial charge in [-0.3, -0.25) is 9.78 Å². The summed E-state index contributed by atoms with van der Waals surface area (Å²) in [7, 11) is 0. The first-order valence-electron chi connectivity index (χ1n) is 4.71. The average Bonchev–Trinajstić information content (AvgIpc) is 2.65. The summed E-state index contributed by atoms with van der Waals surface area (Å²) in [5.74, 6) is 0.0196. The fourth-order valence-electron chi connectivity index (χ4n) is 1.40. The molecule has 0 spiro atoms. The van der Waals surface area contributed by atoms with Gasteiger partial charge in [0, 0.05) is 11.1 Å².